The first kappa shape index (κ1) is 9.52. The van der Waals surface area contributed by atoms with Crippen LogP contribution in [0.2, 0.25) is 0 Å². The topological polar surface area (TPSA) is 33.6 Å². The minimum absolute atomic E-state index is 0.486. The summed E-state index contributed by atoms with van der Waals surface area (Å²) in [5.74, 6) is 0. The Bertz CT molecular complexity index is 149. The molecule has 3 heteroatoms. The standard InChI is InChI=1S/C9H18N2O/c1-3-8(2)10-11-9-4-6-12-7-5-9/h8,10H,3-7H2,1-2H3. The van der Waals surface area contributed by atoms with Gasteiger partial charge in [0.05, 0.1) is 13.2 Å². The first-order valence-electron chi connectivity index (χ1n) is 4.71. The molecule has 1 fully saturated rings. The van der Waals surface area contributed by atoms with Gasteiger partial charge in [0.1, 0.15) is 0 Å². The van der Waals surface area contributed by atoms with Gasteiger partial charge >= 0.3 is 0 Å². The summed E-state index contributed by atoms with van der Waals surface area (Å²) in [5.41, 5.74) is 4.39. The van der Waals surface area contributed by atoms with Crippen LogP contribution in [0.15, 0.2) is 5.10 Å². The minimum atomic E-state index is 0.486. The van der Waals surface area contributed by atoms with Crippen LogP contribution in [-0.4, -0.2) is 25.0 Å². The van der Waals surface area contributed by atoms with E-state index in [-0.39, 0.29) is 0 Å². The maximum atomic E-state index is 5.22. The van der Waals surface area contributed by atoms with E-state index in [0.29, 0.717) is 6.04 Å². The number of nitrogens with zero attached hydrogens (tertiary/aromatic N) is 1. The molecule has 70 valence electrons. The highest BCUT2D eigenvalue weighted by atomic mass is 16.5. The van der Waals surface area contributed by atoms with Gasteiger partial charge in [0.15, 0.2) is 0 Å². The van der Waals surface area contributed by atoms with Crippen molar-refractivity contribution in [1.82, 2.24) is 5.43 Å². The maximum Gasteiger partial charge on any atom is 0.0519 e. The molecule has 1 aliphatic heterocycles. The number of ether oxygens (including phenoxy) is 1. The second-order valence-electron chi connectivity index (χ2n) is 3.23. The second kappa shape index (κ2) is 5.14. The zero-order valence-electron chi connectivity index (χ0n) is 7.97. The van der Waals surface area contributed by atoms with Crippen molar-refractivity contribution in [2.45, 2.75) is 39.2 Å². The number of rotatable bonds is 3. The SMILES string of the molecule is CCC(C)NN=C1CCOCC1. The molecule has 0 aliphatic carbocycles. The van der Waals surface area contributed by atoms with Crippen molar-refractivity contribution >= 4 is 5.71 Å². The Morgan fingerprint density at radius 3 is 2.75 bits per heavy atom. The lowest BCUT2D eigenvalue weighted by Crippen LogP contribution is -2.24. The molecule has 1 unspecified atom stereocenters. The van der Waals surface area contributed by atoms with Gasteiger partial charge in [0, 0.05) is 24.6 Å². The maximum absolute atomic E-state index is 5.22. The van der Waals surface area contributed by atoms with Gasteiger partial charge in [-0.2, -0.15) is 5.10 Å². The molecule has 1 heterocycles. The molecule has 0 spiro atoms. The average Bonchev–Trinajstić information content (AvgIpc) is 2.16. The molecule has 1 atom stereocenters. The Hall–Kier alpha value is -0.570. The first-order chi connectivity index (χ1) is 5.83. The minimum Gasteiger partial charge on any atom is -0.381 e. The molecular formula is C9H18N2O. The van der Waals surface area contributed by atoms with Gasteiger partial charge in [-0.1, -0.05) is 6.92 Å². The van der Waals surface area contributed by atoms with Gasteiger partial charge in [-0.25, -0.2) is 0 Å². The fraction of sp³-hybridized carbons (Fsp3) is 0.889. The van der Waals surface area contributed by atoms with Crippen molar-refractivity contribution in [3.05, 3.63) is 0 Å². The van der Waals surface area contributed by atoms with Gasteiger partial charge in [-0.15, -0.1) is 0 Å². The fourth-order valence-electron chi connectivity index (χ4n) is 1.01. The monoisotopic (exact) mass is 170 g/mol. The third kappa shape index (κ3) is 3.22. The molecule has 0 amide bonds. The van der Waals surface area contributed by atoms with E-state index in [1.165, 1.54) is 5.71 Å². The van der Waals surface area contributed by atoms with Crippen molar-refractivity contribution in [3.8, 4) is 0 Å². The molecule has 1 rings (SSSR count). The van der Waals surface area contributed by atoms with E-state index in [1.54, 1.807) is 0 Å². The van der Waals surface area contributed by atoms with E-state index in [4.69, 9.17) is 4.74 Å². The fourth-order valence-corrected chi connectivity index (χ4v) is 1.01. The molecule has 0 aromatic carbocycles. The van der Waals surface area contributed by atoms with Gasteiger partial charge < -0.3 is 10.2 Å². The second-order valence-corrected chi connectivity index (χ2v) is 3.23. The van der Waals surface area contributed by atoms with Gasteiger partial charge in [0.2, 0.25) is 0 Å². The molecule has 0 aromatic rings. The summed E-state index contributed by atoms with van der Waals surface area (Å²) < 4.78 is 5.22. The van der Waals surface area contributed by atoms with Crippen LogP contribution in [0.3, 0.4) is 0 Å². The lowest BCUT2D eigenvalue weighted by Gasteiger charge is -2.15. The molecule has 3 nitrogen and oxygen atoms in total. The predicted molar refractivity (Wildman–Crippen MR) is 50.4 cm³/mol. The van der Waals surface area contributed by atoms with Crippen LogP contribution in [0.1, 0.15) is 33.1 Å². The van der Waals surface area contributed by atoms with Gasteiger partial charge in [0.25, 0.3) is 0 Å². The first-order valence-corrected chi connectivity index (χ1v) is 4.71. The highest BCUT2D eigenvalue weighted by Gasteiger charge is 2.06. The van der Waals surface area contributed by atoms with Crippen LogP contribution in [0.25, 0.3) is 0 Å². The van der Waals surface area contributed by atoms with Crippen molar-refractivity contribution in [2.24, 2.45) is 5.10 Å². The molecule has 0 aromatic heterocycles. The highest BCUT2D eigenvalue weighted by Crippen LogP contribution is 2.02. The van der Waals surface area contributed by atoms with Crippen LogP contribution in [-0.2, 0) is 4.74 Å². The van der Waals surface area contributed by atoms with E-state index >= 15 is 0 Å². The van der Waals surface area contributed by atoms with E-state index in [1.807, 2.05) is 0 Å². The van der Waals surface area contributed by atoms with E-state index < -0.39 is 0 Å². The molecule has 0 bridgehead atoms. The van der Waals surface area contributed by atoms with E-state index in [0.717, 1.165) is 32.5 Å². The summed E-state index contributed by atoms with van der Waals surface area (Å²) >= 11 is 0. The third-order valence-corrected chi connectivity index (χ3v) is 2.13. The molecule has 1 aliphatic rings. The third-order valence-electron chi connectivity index (χ3n) is 2.13. The summed E-state index contributed by atoms with van der Waals surface area (Å²) in [4.78, 5) is 0. The Morgan fingerprint density at radius 1 is 1.50 bits per heavy atom. The van der Waals surface area contributed by atoms with Gasteiger partial charge in [-0.3, -0.25) is 0 Å². The lowest BCUT2D eigenvalue weighted by atomic mass is 10.2. The van der Waals surface area contributed by atoms with Crippen molar-refractivity contribution in [1.29, 1.82) is 0 Å². The van der Waals surface area contributed by atoms with Crippen LogP contribution < -0.4 is 5.43 Å². The highest BCUT2D eigenvalue weighted by molar-refractivity contribution is 5.84. The molecule has 0 radical (unpaired) electrons. The van der Waals surface area contributed by atoms with Crippen molar-refractivity contribution in [3.63, 3.8) is 0 Å². The Morgan fingerprint density at radius 2 is 2.17 bits per heavy atom. The summed E-state index contributed by atoms with van der Waals surface area (Å²) in [5, 5.41) is 4.34. The predicted octanol–water partition coefficient (Wildman–Crippen LogP) is 1.54. The summed E-state index contributed by atoms with van der Waals surface area (Å²) in [6.07, 6.45) is 3.10. The van der Waals surface area contributed by atoms with Gasteiger partial charge in [-0.05, 0) is 13.3 Å². The van der Waals surface area contributed by atoms with Crippen LogP contribution in [0.5, 0.6) is 0 Å². The molecule has 1 saturated heterocycles. The molecule has 0 saturated carbocycles. The van der Waals surface area contributed by atoms with Crippen LogP contribution in [0.4, 0.5) is 0 Å². The Balaban J connectivity index is 2.24. The quantitative estimate of drug-likeness (QED) is 0.652. The van der Waals surface area contributed by atoms with Crippen LogP contribution in [0, 0.1) is 0 Å². The van der Waals surface area contributed by atoms with Crippen molar-refractivity contribution in [2.75, 3.05) is 13.2 Å². The number of nitrogens with one attached hydrogen (secondary N) is 1. The number of hydrogen-bond acceptors (Lipinski definition) is 3. The molecule has 12 heavy (non-hydrogen) atoms. The van der Waals surface area contributed by atoms with Crippen LogP contribution >= 0.6 is 0 Å². The Labute approximate surface area is 74.2 Å². The normalized spacial score (nSPS) is 20.3. The lowest BCUT2D eigenvalue weighted by molar-refractivity contribution is 0.134. The summed E-state index contributed by atoms with van der Waals surface area (Å²) in [6, 6.07) is 0.486. The number of hydrogen-bond donors (Lipinski definition) is 1. The largest absolute Gasteiger partial charge is 0.381 e. The Kier molecular flexibility index (Phi) is 4.08. The summed E-state index contributed by atoms with van der Waals surface area (Å²) in [6.45, 7) is 5.97. The average molecular weight is 170 g/mol. The number of hydrazone groups is 1. The smallest absolute Gasteiger partial charge is 0.0519 e. The molecule has 1 N–H and O–H groups in total. The zero-order chi connectivity index (χ0) is 8.81. The zero-order valence-corrected chi connectivity index (χ0v) is 7.97. The van der Waals surface area contributed by atoms with E-state index in [2.05, 4.69) is 24.4 Å². The van der Waals surface area contributed by atoms with E-state index in [9.17, 15) is 0 Å². The van der Waals surface area contributed by atoms with Crippen molar-refractivity contribution < 1.29 is 4.74 Å². The molecular weight excluding hydrogens is 152 g/mol. The summed E-state index contributed by atoms with van der Waals surface area (Å²) in [7, 11) is 0.